The lowest BCUT2D eigenvalue weighted by atomic mass is 10.0. The SMILES string of the molecule is CCCCCCCCCCOc1ccc(-c2ccc(C(=O)Oc3ccc(O[C@H](C)C(=O)SCCC)cc3)cc2)cc1. The molecular weight excluding hydrogens is 532 g/mol. The summed E-state index contributed by atoms with van der Waals surface area (Å²) < 4.78 is 17.1. The molecule has 6 heteroatoms. The zero-order chi connectivity index (χ0) is 29.3. The molecule has 0 unspecified atom stereocenters. The van der Waals surface area contributed by atoms with E-state index in [0.717, 1.165) is 42.1 Å². The highest BCUT2D eigenvalue weighted by molar-refractivity contribution is 8.13. The largest absolute Gasteiger partial charge is 0.494 e. The van der Waals surface area contributed by atoms with Crippen LogP contribution >= 0.6 is 11.8 Å². The van der Waals surface area contributed by atoms with Crippen LogP contribution in [0, 0.1) is 0 Å². The van der Waals surface area contributed by atoms with Crippen molar-refractivity contribution < 1.29 is 23.8 Å². The number of carbonyl (C=O) groups is 2. The van der Waals surface area contributed by atoms with Crippen LogP contribution in [0.15, 0.2) is 72.8 Å². The van der Waals surface area contributed by atoms with Crippen molar-refractivity contribution in [3.05, 3.63) is 78.4 Å². The van der Waals surface area contributed by atoms with Gasteiger partial charge in [0.2, 0.25) is 5.12 Å². The number of rotatable bonds is 18. The quantitative estimate of drug-likeness (QED) is 0.0854. The lowest BCUT2D eigenvalue weighted by Gasteiger charge is -2.13. The summed E-state index contributed by atoms with van der Waals surface area (Å²) in [6.07, 6.45) is 10.7. The highest BCUT2D eigenvalue weighted by Gasteiger charge is 2.15. The fourth-order valence-electron chi connectivity index (χ4n) is 4.29. The van der Waals surface area contributed by atoms with Gasteiger partial charge in [-0.15, -0.1) is 0 Å². The molecular formula is C35H44O5S. The molecule has 3 rings (SSSR count). The van der Waals surface area contributed by atoms with Gasteiger partial charge >= 0.3 is 5.97 Å². The molecule has 0 aliphatic carbocycles. The lowest BCUT2D eigenvalue weighted by Crippen LogP contribution is -2.21. The molecule has 0 spiro atoms. The summed E-state index contributed by atoms with van der Waals surface area (Å²) in [5, 5.41) is 0.00385. The first-order valence-corrected chi connectivity index (χ1v) is 16.0. The Morgan fingerprint density at radius 1 is 0.659 bits per heavy atom. The standard InChI is InChI=1S/C35H44O5S/c1-4-6-7-8-9-10-11-12-25-38-31-19-17-29(18-20-31)28-13-15-30(16-14-28)34(36)40-33-23-21-32(22-24-33)39-27(3)35(37)41-26-5-2/h13-24,27H,4-12,25-26H2,1-3H3/t27-/m1/s1. The van der Waals surface area contributed by atoms with E-state index in [1.165, 1.54) is 56.7 Å². The van der Waals surface area contributed by atoms with Crippen molar-refractivity contribution in [3.63, 3.8) is 0 Å². The van der Waals surface area contributed by atoms with Gasteiger partial charge < -0.3 is 14.2 Å². The maximum atomic E-state index is 12.7. The van der Waals surface area contributed by atoms with Crippen LogP contribution in [-0.4, -0.2) is 29.5 Å². The number of ether oxygens (including phenoxy) is 3. The number of benzene rings is 3. The molecule has 0 aliphatic heterocycles. The molecule has 0 N–H and O–H groups in total. The van der Waals surface area contributed by atoms with Crippen molar-refractivity contribution in [2.75, 3.05) is 12.4 Å². The third-order valence-electron chi connectivity index (χ3n) is 6.70. The number of hydrogen-bond donors (Lipinski definition) is 0. The predicted molar refractivity (Wildman–Crippen MR) is 169 cm³/mol. The van der Waals surface area contributed by atoms with Crippen molar-refractivity contribution >= 4 is 22.8 Å². The second-order valence-corrected chi connectivity index (χ2v) is 11.3. The van der Waals surface area contributed by atoms with Gasteiger partial charge in [0, 0.05) is 5.75 Å². The van der Waals surface area contributed by atoms with Gasteiger partial charge in [-0.3, -0.25) is 4.79 Å². The minimum absolute atomic E-state index is 0.00385. The number of unbranched alkanes of at least 4 members (excludes halogenated alkanes) is 7. The van der Waals surface area contributed by atoms with Crippen molar-refractivity contribution in [1.29, 1.82) is 0 Å². The van der Waals surface area contributed by atoms with Gasteiger partial charge in [-0.2, -0.15) is 0 Å². The van der Waals surface area contributed by atoms with Crippen LogP contribution in [0.2, 0.25) is 0 Å². The molecule has 3 aromatic rings. The fourth-order valence-corrected chi connectivity index (χ4v) is 4.98. The summed E-state index contributed by atoms with van der Waals surface area (Å²) in [6.45, 7) is 6.77. The number of esters is 1. The molecule has 0 heterocycles. The Morgan fingerprint density at radius 2 is 1.20 bits per heavy atom. The number of hydrogen-bond acceptors (Lipinski definition) is 6. The van der Waals surface area contributed by atoms with Crippen LogP contribution in [0.25, 0.3) is 11.1 Å². The highest BCUT2D eigenvalue weighted by atomic mass is 32.2. The van der Waals surface area contributed by atoms with E-state index in [-0.39, 0.29) is 5.12 Å². The Bertz CT molecular complexity index is 1170. The topological polar surface area (TPSA) is 61.8 Å². The maximum Gasteiger partial charge on any atom is 0.343 e. The minimum Gasteiger partial charge on any atom is -0.494 e. The van der Waals surface area contributed by atoms with Crippen LogP contribution in [0.1, 0.15) is 88.9 Å². The number of thioether (sulfide) groups is 1. The Morgan fingerprint density at radius 3 is 1.80 bits per heavy atom. The van der Waals surface area contributed by atoms with E-state index in [1.54, 1.807) is 43.3 Å². The predicted octanol–water partition coefficient (Wildman–Crippen LogP) is 9.53. The monoisotopic (exact) mass is 576 g/mol. The summed E-state index contributed by atoms with van der Waals surface area (Å²) in [7, 11) is 0. The first-order chi connectivity index (χ1) is 20.0. The molecule has 0 amide bonds. The van der Waals surface area contributed by atoms with Crippen molar-refractivity contribution in [2.45, 2.75) is 84.7 Å². The van der Waals surface area contributed by atoms with Crippen molar-refractivity contribution in [3.8, 4) is 28.4 Å². The van der Waals surface area contributed by atoms with Crippen molar-refractivity contribution in [2.24, 2.45) is 0 Å². The van der Waals surface area contributed by atoms with E-state index in [1.807, 2.05) is 43.3 Å². The van der Waals surface area contributed by atoms with Gasteiger partial charge in [0.15, 0.2) is 6.10 Å². The molecule has 0 radical (unpaired) electrons. The Hall–Kier alpha value is -3.25. The average molecular weight is 577 g/mol. The van der Waals surface area contributed by atoms with E-state index in [9.17, 15) is 9.59 Å². The van der Waals surface area contributed by atoms with Gasteiger partial charge in [-0.05, 0) is 79.4 Å². The zero-order valence-electron chi connectivity index (χ0n) is 24.7. The van der Waals surface area contributed by atoms with Gasteiger partial charge in [-0.25, -0.2) is 4.79 Å². The Kier molecular flexibility index (Phi) is 14.4. The van der Waals surface area contributed by atoms with E-state index < -0.39 is 12.1 Å². The molecule has 0 fully saturated rings. The van der Waals surface area contributed by atoms with Gasteiger partial charge in [0.1, 0.15) is 17.2 Å². The van der Waals surface area contributed by atoms with Crippen LogP contribution in [-0.2, 0) is 4.79 Å². The molecule has 0 saturated heterocycles. The molecule has 0 bridgehead atoms. The first kappa shape index (κ1) is 32.3. The van der Waals surface area contributed by atoms with Crippen LogP contribution in [0.5, 0.6) is 17.2 Å². The summed E-state index contributed by atoms with van der Waals surface area (Å²) in [5.41, 5.74) is 2.53. The van der Waals surface area contributed by atoms with Gasteiger partial charge in [-0.1, -0.05) is 94.8 Å². The van der Waals surface area contributed by atoms with E-state index in [2.05, 4.69) is 6.92 Å². The molecule has 1 atom stereocenters. The van der Waals surface area contributed by atoms with Crippen molar-refractivity contribution in [1.82, 2.24) is 0 Å². The average Bonchev–Trinajstić information content (AvgIpc) is 3.00. The van der Waals surface area contributed by atoms with E-state index in [4.69, 9.17) is 14.2 Å². The molecule has 3 aromatic carbocycles. The first-order valence-electron chi connectivity index (χ1n) is 15.0. The fraction of sp³-hybridized carbons (Fsp3) is 0.429. The molecule has 0 saturated carbocycles. The third-order valence-corrected chi connectivity index (χ3v) is 7.93. The molecule has 0 aliphatic rings. The maximum absolute atomic E-state index is 12.7. The van der Waals surface area contributed by atoms with Crippen LogP contribution in [0.4, 0.5) is 0 Å². The molecule has 41 heavy (non-hydrogen) atoms. The molecule has 220 valence electrons. The molecule has 5 nitrogen and oxygen atoms in total. The summed E-state index contributed by atoms with van der Waals surface area (Å²) in [5.74, 6) is 2.19. The molecule has 0 aromatic heterocycles. The second kappa shape index (κ2) is 18.2. The third kappa shape index (κ3) is 11.6. The normalized spacial score (nSPS) is 11.6. The smallest absolute Gasteiger partial charge is 0.343 e. The van der Waals surface area contributed by atoms with Crippen LogP contribution in [0.3, 0.4) is 0 Å². The summed E-state index contributed by atoms with van der Waals surface area (Å²) >= 11 is 1.28. The Labute approximate surface area is 250 Å². The van der Waals surface area contributed by atoms with E-state index >= 15 is 0 Å². The second-order valence-electron chi connectivity index (χ2n) is 10.2. The van der Waals surface area contributed by atoms with E-state index in [0.29, 0.717) is 17.1 Å². The summed E-state index contributed by atoms with van der Waals surface area (Å²) in [4.78, 5) is 24.7. The Balaban J connectivity index is 1.42. The van der Waals surface area contributed by atoms with Crippen LogP contribution < -0.4 is 14.2 Å². The lowest BCUT2D eigenvalue weighted by molar-refractivity contribution is -0.116. The summed E-state index contributed by atoms with van der Waals surface area (Å²) in [6, 6.07) is 22.2. The number of carbonyl (C=O) groups excluding carboxylic acids is 2. The zero-order valence-corrected chi connectivity index (χ0v) is 25.5. The minimum atomic E-state index is -0.540. The van der Waals surface area contributed by atoms with Gasteiger partial charge in [0.05, 0.1) is 12.2 Å². The van der Waals surface area contributed by atoms with Gasteiger partial charge in [0.25, 0.3) is 0 Å². The highest BCUT2D eigenvalue weighted by Crippen LogP contribution is 2.25.